The molecule has 0 atom stereocenters. The summed E-state index contributed by atoms with van der Waals surface area (Å²) in [6, 6.07) is 21.4. The molecular weight excluding hydrogens is 438 g/mol. The van der Waals surface area contributed by atoms with Crippen LogP contribution < -0.4 is 10.6 Å². The summed E-state index contributed by atoms with van der Waals surface area (Å²) < 4.78 is 5.37. The van der Waals surface area contributed by atoms with Gasteiger partial charge < -0.3 is 10.1 Å². The SMILES string of the molecule is N=N/C(=C\NCCCCCCCCOC(=O)Nc1ccccc1-c1ccccc1)c1cccnc1. The first-order valence-electron chi connectivity index (χ1n) is 12.1. The van der Waals surface area contributed by atoms with Crippen LogP contribution in [0.1, 0.15) is 44.1 Å². The molecule has 0 spiro atoms. The average molecular weight is 472 g/mol. The number of pyridine rings is 1. The number of aromatic nitrogens is 1. The van der Waals surface area contributed by atoms with Gasteiger partial charge in [0.05, 0.1) is 12.3 Å². The van der Waals surface area contributed by atoms with Crippen molar-refractivity contribution in [3.63, 3.8) is 0 Å². The number of benzene rings is 2. The Balaban J connectivity index is 1.24. The minimum Gasteiger partial charge on any atom is -0.449 e. The van der Waals surface area contributed by atoms with Gasteiger partial charge >= 0.3 is 6.09 Å². The standard InChI is InChI=1S/C28H33N5O2/c29-33-27(24-15-12-19-30-21-24)22-31-18-10-3-1-2-4-11-20-35-28(34)32-26-17-9-8-16-25(26)23-13-6-5-7-14-23/h5-9,12-17,19,21-22,29,31H,1-4,10-11,18,20H2,(H,32,34)/b27-22-,33-29?. The number of carbonyl (C=O) groups excluding carboxylic acids is 1. The summed E-state index contributed by atoms with van der Waals surface area (Å²) >= 11 is 0. The normalized spacial score (nSPS) is 11.0. The molecule has 1 aromatic heterocycles. The molecule has 3 rings (SSSR count). The molecule has 7 heteroatoms. The summed E-state index contributed by atoms with van der Waals surface area (Å²) in [5.74, 6) is 0. The zero-order chi connectivity index (χ0) is 24.6. The Morgan fingerprint density at radius 3 is 2.43 bits per heavy atom. The van der Waals surface area contributed by atoms with E-state index in [1.54, 1.807) is 18.6 Å². The molecule has 35 heavy (non-hydrogen) atoms. The monoisotopic (exact) mass is 471 g/mol. The van der Waals surface area contributed by atoms with E-state index < -0.39 is 6.09 Å². The quantitative estimate of drug-likeness (QED) is 0.170. The summed E-state index contributed by atoms with van der Waals surface area (Å²) in [5, 5.41) is 9.65. The predicted octanol–water partition coefficient (Wildman–Crippen LogP) is 7.26. The first kappa shape index (κ1) is 25.6. The number of ether oxygens (including phenoxy) is 1. The largest absolute Gasteiger partial charge is 0.449 e. The molecule has 3 N–H and O–H groups in total. The number of hydrogen-bond acceptors (Lipinski definition) is 6. The molecule has 0 saturated carbocycles. The van der Waals surface area contributed by atoms with E-state index in [1.165, 1.54) is 0 Å². The molecule has 0 radical (unpaired) electrons. The Bertz CT molecular complexity index is 1070. The highest BCUT2D eigenvalue weighted by Crippen LogP contribution is 2.27. The number of carbonyl (C=O) groups is 1. The number of amides is 1. The number of anilines is 1. The van der Waals surface area contributed by atoms with Gasteiger partial charge in [-0.2, -0.15) is 5.11 Å². The highest BCUT2D eigenvalue weighted by molar-refractivity contribution is 5.91. The molecule has 0 aliphatic heterocycles. The fourth-order valence-corrected chi connectivity index (χ4v) is 3.67. The smallest absolute Gasteiger partial charge is 0.411 e. The number of nitrogens with zero attached hydrogens (tertiary/aromatic N) is 2. The third kappa shape index (κ3) is 9.04. The molecule has 182 valence electrons. The molecule has 2 aromatic carbocycles. The minimum absolute atomic E-state index is 0.416. The lowest BCUT2D eigenvalue weighted by Gasteiger charge is -2.11. The Labute approximate surface area is 207 Å². The highest BCUT2D eigenvalue weighted by atomic mass is 16.5. The van der Waals surface area contributed by atoms with Crippen molar-refractivity contribution in [3.8, 4) is 11.1 Å². The van der Waals surface area contributed by atoms with Gasteiger partial charge in [-0.1, -0.05) is 74.2 Å². The molecule has 0 unspecified atom stereocenters. The van der Waals surface area contributed by atoms with E-state index in [-0.39, 0.29) is 0 Å². The fourth-order valence-electron chi connectivity index (χ4n) is 3.67. The van der Waals surface area contributed by atoms with E-state index >= 15 is 0 Å². The van der Waals surface area contributed by atoms with Crippen molar-refractivity contribution in [3.05, 3.63) is 90.9 Å². The second kappa shape index (κ2) is 15.0. The first-order chi connectivity index (χ1) is 17.3. The van der Waals surface area contributed by atoms with Crippen LogP contribution in [0.15, 0.2) is 90.4 Å². The first-order valence-corrected chi connectivity index (χ1v) is 12.1. The molecule has 3 aromatic rings. The zero-order valence-corrected chi connectivity index (χ0v) is 20.0. The van der Waals surface area contributed by atoms with Crippen molar-refractivity contribution in [1.82, 2.24) is 10.3 Å². The number of hydrogen-bond donors (Lipinski definition) is 3. The molecule has 0 aliphatic carbocycles. The van der Waals surface area contributed by atoms with Gasteiger partial charge in [0, 0.05) is 36.3 Å². The van der Waals surface area contributed by atoms with Gasteiger partial charge in [-0.3, -0.25) is 10.3 Å². The van der Waals surface area contributed by atoms with Crippen LogP contribution in [0.4, 0.5) is 10.5 Å². The van der Waals surface area contributed by atoms with Crippen molar-refractivity contribution >= 4 is 17.5 Å². The van der Waals surface area contributed by atoms with Gasteiger partial charge in [0.15, 0.2) is 0 Å². The minimum atomic E-state index is -0.419. The van der Waals surface area contributed by atoms with Gasteiger partial charge in [0.25, 0.3) is 0 Å². The highest BCUT2D eigenvalue weighted by Gasteiger charge is 2.08. The maximum atomic E-state index is 12.2. The van der Waals surface area contributed by atoms with Crippen LogP contribution in [-0.2, 0) is 4.74 Å². The molecular formula is C28H33N5O2. The van der Waals surface area contributed by atoms with E-state index in [0.717, 1.165) is 67.4 Å². The predicted molar refractivity (Wildman–Crippen MR) is 140 cm³/mol. The molecule has 0 saturated heterocycles. The van der Waals surface area contributed by atoms with Gasteiger partial charge in [-0.15, -0.1) is 0 Å². The number of para-hydroxylation sites is 1. The fraction of sp³-hybridized carbons (Fsp3) is 0.286. The van der Waals surface area contributed by atoms with Crippen LogP contribution in [0, 0.1) is 5.53 Å². The van der Waals surface area contributed by atoms with Crippen molar-refractivity contribution < 1.29 is 9.53 Å². The summed E-state index contributed by atoms with van der Waals surface area (Å²) in [5.41, 5.74) is 11.5. The second-order valence-corrected chi connectivity index (χ2v) is 8.13. The van der Waals surface area contributed by atoms with Crippen LogP contribution in [0.5, 0.6) is 0 Å². The average Bonchev–Trinajstić information content (AvgIpc) is 2.91. The summed E-state index contributed by atoms with van der Waals surface area (Å²) in [6.45, 7) is 1.26. The van der Waals surface area contributed by atoms with E-state index in [0.29, 0.717) is 12.3 Å². The summed E-state index contributed by atoms with van der Waals surface area (Å²) in [7, 11) is 0. The molecule has 1 heterocycles. The Morgan fingerprint density at radius 2 is 1.66 bits per heavy atom. The van der Waals surface area contributed by atoms with Gasteiger partial charge in [0.1, 0.15) is 5.70 Å². The van der Waals surface area contributed by atoms with E-state index in [9.17, 15) is 4.79 Å². The third-order valence-electron chi connectivity index (χ3n) is 5.51. The molecule has 1 amide bonds. The van der Waals surface area contributed by atoms with E-state index in [1.807, 2.05) is 66.7 Å². The van der Waals surface area contributed by atoms with Crippen LogP contribution in [0.2, 0.25) is 0 Å². The molecule has 7 nitrogen and oxygen atoms in total. The van der Waals surface area contributed by atoms with Crippen molar-refractivity contribution in [2.24, 2.45) is 5.11 Å². The summed E-state index contributed by atoms with van der Waals surface area (Å²) in [6.07, 6.45) is 11.1. The zero-order valence-electron chi connectivity index (χ0n) is 20.0. The molecule has 0 fully saturated rings. The van der Waals surface area contributed by atoms with Gasteiger partial charge in [-0.25, -0.2) is 10.3 Å². The van der Waals surface area contributed by atoms with Gasteiger partial charge in [0.2, 0.25) is 0 Å². The number of unbranched alkanes of at least 4 members (excludes halogenated alkanes) is 5. The number of rotatable bonds is 14. The van der Waals surface area contributed by atoms with Crippen LogP contribution >= 0.6 is 0 Å². The summed E-state index contributed by atoms with van der Waals surface area (Å²) in [4.78, 5) is 16.3. The lowest BCUT2D eigenvalue weighted by molar-refractivity contribution is 0.159. The van der Waals surface area contributed by atoms with Crippen molar-refractivity contribution in [1.29, 1.82) is 5.53 Å². The number of nitrogens with one attached hydrogen (secondary N) is 3. The Morgan fingerprint density at radius 1 is 0.914 bits per heavy atom. The van der Waals surface area contributed by atoms with Crippen LogP contribution in [0.25, 0.3) is 16.8 Å². The maximum Gasteiger partial charge on any atom is 0.411 e. The lowest BCUT2D eigenvalue weighted by atomic mass is 10.0. The lowest BCUT2D eigenvalue weighted by Crippen LogP contribution is -2.15. The molecule has 0 aliphatic rings. The van der Waals surface area contributed by atoms with Crippen LogP contribution in [-0.4, -0.2) is 24.2 Å². The third-order valence-corrected chi connectivity index (χ3v) is 5.51. The Hall–Kier alpha value is -4.00. The van der Waals surface area contributed by atoms with E-state index in [4.69, 9.17) is 10.3 Å². The van der Waals surface area contributed by atoms with E-state index in [2.05, 4.69) is 20.7 Å². The van der Waals surface area contributed by atoms with Gasteiger partial charge in [-0.05, 0) is 36.6 Å². The van der Waals surface area contributed by atoms with Crippen molar-refractivity contribution in [2.75, 3.05) is 18.5 Å². The topological polar surface area (TPSA) is 99.5 Å². The maximum absolute atomic E-state index is 12.2. The molecule has 0 bridgehead atoms. The second-order valence-electron chi connectivity index (χ2n) is 8.13. The van der Waals surface area contributed by atoms with Crippen LogP contribution in [0.3, 0.4) is 0 Å². The Kier molecular flexibility index (Phi) is 11.0. The van der Waals surface area contributed by atoms with Crippen molar-refractivity contribution in [2.45, 2.75) is 38.5 Å².